The van der Waals surface area contributed by atoms with E-state index in [0.29, 0.717) is 17.9 Å². The van der Waals surface area contributed by atoms with E-state index in [1.165, 1.54) is 6.92 Å². The third-order valence-electron chi connectivity index (χ3n) is 2.42. The van der Waals surface area contributed by atoms with Gasteiger partial charge in [-0.25, -0.2) is 0 Å². The van der Waals surface area contributed by atoms with Crippen molar-refractivity contribution in [3.63, 3.8) is 0 Å². The van der Waals surface area contributed by atoms with E-state index in [1.807, 2.05) is 0 Å². The summed E-state index contributed by atoms with van der Waals surface area (Å²) in [6.07, 6.45) is 0.900. The van der Waals surface area contributed by atoms with Gasteiger partial charge in [-0.1, -0.05) is 22.0 Å². The first-order valence-corrected chi connectivity index (χ1v) is 6.60. The number of halogens is 1. The first-order valence-electron chi connectivity index (χ1n) is 5.81. The molecule has 102 valence electrons. The van der Waals surface area contributed by atoms with E-state index in [1.54, 1.807) is 31.2 Å². The van der Waals surface area contributed by atoms with Crippen molar-refractivity contribution in [1.29, 1.82) is 0 Å². The standard InChI is InChI=1S/C14H16BrNO3/c1-4-7-16-14(18)10(3)19-13-8-11(15)5-6-12(13)9(2)17/h4-6,8,10H,1,7H2,2-3H3,(H,16,18). The molecule has 1 amide bonds. The molecule has 0 aliphatic heterocycles. The van der Waals surface area contributed by atoms with E-state index in [2.05, 4.69) is 27.8 Å². The molecule has 1 N–H and O–H groups in total. The summed E-state index contributed by atoms with van der Waals surface area (Å²) in [5.41, 5.74) is 0.451. The van der Waals surface area contributed by atoms with Gasteiger partial charge in [-0.15, -0.1) is 6.58 Å². The predicted molar refractivity (Wildman–Crippen MR) is 77.4 cm³/mol. The zero-order chi connectivity index (χ0) is 14.4. The van der Waals surface area contributed by atoms with E-state index in [4.69, 9.17) is 4.74 Å². The summed E-state index contributed by atoms with van der Waals surface area (Å²) in [7, 11) is 0. The van der Waals surface area contributed by atoms with Crippen LogP contribution in [0.4, 0.5) is 0 Å². The lowest BCUT2D eigenvalue weighted by atomic mass is 10.1. The molecule has 0 aliphatic rings. The number of ether oxygens (including phenoxy) is 1. The van der Waals surface area contributed by atoms with Gasteiger partial charge in [0.25, 0.3) is 5.91 Å². The van der Waals surface area contributed by atoms with Crippen molar-refractivity contribution in [1.82, 2.24) is 5.32 Å². The number of hydrogen-bond donors (Lipinski definition) is 1. The van der Waals surface area contributed by atoms with Gasteiger partial charge in [0, 0.05) is 11.0 Å². The number of ketones is 1. The molecule has 19 heavy (non-hydrogen) atoms. The fraction of sp³-hybridized carbons (Fsp3) is 0.286. The number of carbonyl (C=O) groups is 2. The van der Waals surface area contributed by atoms with Crippen LogP contribution < -0.4 is 10.1 Å². The highest BCUT2D eigenvalue weighted by molar-refractivity contribution is 9.10. The lowest BCUT2D eigenvalue weighted by molar-refractivity contribution is -0.127. The summed E-state index contributed by atoms with van der Waals surface area (Å²) >= 11 is 3.31. The smallest absolute Gasteiger partial charge is 0.261 e. The van der Waals surface area contributed by atoms with E-state index in [9.17, 15) is 9.59 Å². The van der Waals surface area contributed by atoms with Crippen molar-refractivity contribution >= 4 is 27.6 Å². The van der Waals surface area contributed by atoms with Gasteiger partial charge in [-0.3, -0.25) is 9.59 Å². The van der Waals surface area contributed by atoms with Crippen LogP contribution in [0.3, 0.4) is 0 Å². The van der Waals surface area contributed by atoms with Gasteiger partial charge in [-0.05, 0) is 32.0 Å². The van der Waals surface area contributed by atoms with Gasteiger partial charge in [0.2, 0.25) is 0 Å². The molecular formula is C14H16BrNO3. The Bertz CT molecular complexity index is 499. The van der Waals surface area contributed by atoms with Crippen molar-refractivity contribution in [2.45, 2.75) is 20.0 Å². The van der Waals surface area contributed by atoms with Crippen LogP contribution in [0.15, 0.2) is 35.3 Å². The molecule has 0 heterocycles. The van der Waals surface area contributed by atoms with Gasteiger partial charge >= 0.3 is 0 Å². The van der Waals surface area contributed by atoms with Crippen LogP contribution in [0.5, 0.6) is 5.75 Å². The van der Waals surface area contributed by atoms with Crippen LogP contribution in [-0.2, 0) is 4.79 Å². The first kappa shape index (κ1) is 15.4. The Morgan fingerprint density at radius 1 is 1.53 bits per heavy atom. The average Bonchev–Trinajstić information content (AvgIpc) is 2.35. The number of nitrogens with one attached hydrogen (secondary N) is 1. The Balaban J connectivity index is 2.86. The van der Waals surface area contributed by atoms with Crippen molar-refractivity contribution in [3.05, 3.63) is 40.9 Å². The number of hydrogen-bond acceptors (Lipinski definition) is 3. The largest absolute Gasteiger partial charge is 0.480 e. The van der Waals surface area contributed by atoms with Gasteiger partial charge in [0.15, 0.2) is 11.9 Å². The summed E-state index contributed by atoms with van der Waals surface area (Å²) in [6.45, 7) is 6.98. The maximum atomic E-state index is 11.7. The Labute approximate surface area is 121 Å². The van der Waals surface area contributed by atoms with E-state index in [0.717, 1.165) is 4.47 Å². The van der Waals surface area contributed by atoms with Crippen LogP contribution in [0, 0.1) is 0 Å². The topological polar surface area (TPSA) is 55.4 Å². The van der Waals surface area contributed by atoms with Crippen molar-refractivity contribution in [3.8, 4) is 5.75 Å². The van der Waals surface area contributed by atoms with Crippen molar-refractivity contribution in [2.75, 3.05) is 6.54 Å². The van der Waals surface area contributed by atoms with Gasteiger partial charge in [0.1, 0.15) is 5.75 Å². The summed E-state index contributed by atoms with van der Waals surface area (Å²) in [5.74, 6) is 0.0266. The molecule has 1 rings (SSSR count). The highest BCUT2D eigenvalue weighted by Crippen LogP contribution is 2.25. The monoisotopic (exact) mass is 325 g/mol. The number of amides is 1. The van der Waals surface area contributed by atoms with Gasteiger partial charge < -0.3 is 10.1 Å². The average molecular weight is 326 g/mol. The molecule has 0 fully saturated rings. The molecule has 1 aromatic carbocycles. The minimum Gasteiger partial charge on any atom is -0.480 e. The second-order valence-corrected chi connectivity index (χ2v) is 4.91. The minimum atomic E-state index is -0.688. The number of carbonyl (C=O) groups excluding carboxylic acids is 2. The molecule has 0 aromatic heterocycles. The molecule has 4 nitrogen and oxygen atoms in total. The van der Waals surface area contributed by atoms with E-state index < -0.39 is 6.10 Å². The number of benzene rings is 1. The lowest BCUT2D eigenvalue weighted by Gasteiger charge is -2.16. The Kier molecular flexibility index (Phi) is 5.76. The predicted octanol–water partition coefficient (Wildman–Crippen LogP) is 2.72. The number of Topliss-reactive ketones (excluding diaryl/α,β-unsaturated/α-hetero) is 1. The molecule has 0 saturated heterocycles. The second kappa shape index (κ2) is 7.09. The molecule has 0 aliphatic carbocycles. The summed E-state index contributed by atoms with van der Waals surface area (Å²) in [4.78, 5) is 23.2. The van der Waals surface area contributed by atoms with E-state index in [-0.39, 0.29) is 11.7 Å². The summed E-state index contributed by atoms with van der Waals surface area (Å²) < 4.78 is 6.33. The van der Waals surface area contributed by atoms with Crippen LogP contribution in [-0.4, -0.2) is 24.3 Å². The summed E-state index contributed by atoms with van der Waals surface area (Å²) in [6, 6.07) is 5.09. The minimum absolute atomic E-state index is 0.110. The Morgan fingerprint density at radius 3 is 2.79 bits per heavy atom. The molecular weight excluding hydrogens is 310 g/mol. The fourth-order valence-electron chi connectivity index (χ4n) is 1.44. The van der Waals surface area contributed by atoms with Gasteiger partial charge in [-0.2, -0.15) is 0 Å². The fourth-order valence-corrected chi connectivity index (χ4v) is 1.79. The van der Waals surface area contributed by atoms with Crippen LogP contribution in [0.1, 0.15) is 24.2 Å². The zero-order valence-corrected chi connectivity index (χ0v) is 12.5. The molecule has 1 atom stereocenters. The normalized spacial score (nSPS) is 11.5. The Morgan fingerprint density at radius 2 is 2.21 bits per heavy atom. The van der Waals surface area contributed by atoms with Crippen molar-refractivity contribution < 1.29 is 14.3 Å². The highest BCUT2D eigenvalue weighted by atomic mass is 79.9. The maximum Gasteiger partial charge on any atom is 0.261 e. The van der Waals surface area contributed by atoms with Crippen LogP contribution in [0.2, 0.25) is 0 Å². The molecule has 0 bridgehead atoms. The SMILES string of the molecule is C=CCNC(=O)C(C)Oc1cc(Br)ccc1C(C)=O. The van der Waals surface area contributed by atoms with Gasteiger partial charge in [0.05, 0.1) is 5.56 Å². The summed E-state index contributed by atoms with van der Waals surface area (Å²) in [5, 5.41) is 2.64. The molecule has 0 radical (unpaired) electrons. The molecule has 1 unspecified atom stereocenters. The van der Waals surface area contributed by atoms with Crippen molar-refractivity contribution in [2.24, 2.45) is 0 Å². The molecule has 0 spiro atoms. The third kappa shape index (κ3) is 4.52. The highest BCUT2D eigenvalue weighted by Gasteiger charge is 2.17. The van der Waals surface area contributed by atoms with E-state index >= 15 is 0 Å². The van der Waals surface area contributed by atoms with Crippen LogP contribution in [0.25, 0.3) is 0 Å². The third-order valence-corrected chi connectivity index (χ3v) is 2.91. The maximum absolute atomic E-state index is 11.7. The Hall–Kier alpha value is -1.62. The molecule has 1 aromatic rings. The van der Waals surface area contributed by atoms with Crippen LogP contribution >= 0.6 is 15.9 Å². The first-order chi connectivity index (χ1) is 8.95. The lowest BCUT2D eigenvalue weighted by Crippen LogP contribution is -2.36. The quantitative estimate of drug-likeness (QED) is 0.646. The second-order valence-electron chi connectivity index (χ2n) is 3.99. The zero-order valence-electron chi connectivity index (χ0n) is 10.9. The molecule has 5 heteroatoms. The number of rotatable bonds is 6. The molecule has 0 saturated carbocycles.